The summed E-state index contributed by atoms with van der Waals surface area (Å²) in [7, 11) is 0. The molecule has 1 saturated carbocycles. The van der Waals surface area contributed by atoms with Crippen LogP contribution in [0.4, 0.5) is 0 Å². The maximum atomic E-state index is 3.87. The Bertz CT molecular complexity index is 412. The summed E-state index contributed by atoms with van der Waals surface area (Å²) in [6.45, 7) is 5.76. The Morgan fingerprint density at radius 2 is 2.12 bits per heavy atom. The Balaban J connectivity index is 2.11. The second-order valence-electron chi connectivity index (χ2n) is 5.79. The third-order valence-electron chi connectivity index (χ3n) is 5.01. The van der Waals surface area contributed by atoms with E-state index in [-0.39, 0.29) is 5.54 Å². The van der Waals surface area contributed by atoms with Gasteiger partial charge < -0.3 is 5.32 Å². The molecule has 2 aliphatic carbocycles. The maximum Gasteiger partial charge on any atom is 0.0494 e. The topological polar surface area (TPSA) is 12.0 Å². The fourth-order valence-electron chi connectivity index (χ4n) is 4.35. The van der Waals surface area contributed by atoms with Crippen molar-refractivity contribution in [2.24, 2.45) is 11.8 Å². The Morgan fingerprint density at radius 1 is 1.29 bits per heavy atom. The predicted molar refractivity (Wildman–Crippen MR) is 72.0 cm³/mol. The first-order chi connectivity index (χ1) is 8.29. The molecule has 1 heteroatoms. The lowest BCUT2D eigenvalue weighted by molar-refractivity contribution is 0.0964. The van der Waals surface area contributed by atoms with Crippen LogP contribution in [-0.2, 0) is 12.0 Å². The van der Waals surface area contributed by atoms with Crippen molar-refractivity contribution in [3.05, 3.63) is 35.4 Å². The van der Waals surface area contributed by atoms with Gasteiger partial charge >= 0.3 is 0 Å². The molecular weight excluding hydrogens is 206 g/mol. The molecular formula is C16H23N. The molecule has 92 valence electrons. The zero-order chi connectivity index (χ0) is 11.9. The van der Waals surface area contributed by atoms with E-state index in [9.17, 15) is 0 Å². The van der Waals surface area contributed by atoms with E-state index in [0.29, 0.717) is 0 Å². The Kier molecular flexibility index (Phi) is 2.74. The molecule has 0 radical (unpaired) electrons. The van der Waals surface area contributed by atoms with E-state index in [1.165, 1.54) is 25.7 Å². The molecule has 1 aromatic carbocycles. The van der Waals surface area contributed by atoms with Crippen molar-refractivity contribution in [1.29, 1.82) is 0 Å². The van der Waals surface area contributed by atoms with E-state index in [4.69, 9.17) is 0 Å². The van der Waals surface area contributed by atoms with Crippen molar-refractivity contribution >= 4 is 0 Å². The van der Waals surface area contributed by atoms with E-state index in [2.05, 4.69) is 43.4 Å². The van der Waals surface area contributed by atoms with Crippen molar-refractivity contribution in [1.82, 2.24) is 5.32 Å². The number of benzene rings is 1. The third kappa shape index (κ3) is 1.48. The Labute approximate surface area is 105 Å². The van der Waals surface area contributed by atoms with Crippen molar-refractivity contribution in [2.75, 3.05) is 6.54 Å². The summed E-state index contributed by atoms with van der Waals surface area (Å²) >= 11 is 0. The van der Waals surface area contributed by atoms with Crippen LogP contribution in [0, 0.1) is 11.8 Å². The average molecular weight is 229 g/mol. The standard InChI is InChI=1S/C16H23N/c1-3-17-16-12(2)7-6-9-14(16)11-13-8-4-5-10-15(13)16/h4-5,8,10,12,14,17H,3,6-7,9,11H2,1-2H3/t12-,14+,16-/m1/s1. The normalized spacial score (nSPS) is 35.4. The number of hydrogen-bond acceptors (Lipinski definition) is 1. The Morgan fingerprint density at radius 3 is 2.94 bits per heavy atom. The summed E-state index contributed by atoms with van der Waals surface area (Å²) in [5.74, 6) is 1.59. The van der Waals surface area contributed by atoms with Gasteiger partial charge in [0.25, 0.3) is 0 Å². The number of hydrogen-bond donors (Lipinski definition) is 1. The van der Waals surface area contributed by atoms with E-state index in [1.807, 2.05) is 0 Å². The second kappa shape index (κ2) is 4.13. The quantitative estimate of drug-likeness (QED) is 0.818. The SMILES string of the molecule is CCN[C@@]12c3ccccc3C[C@@H]1CCC[C@H]2C. The van der Waals surface area contributed by atoms with E-state index in [1.54, 1.807) is 11.1 Å². The highest BCUT2D eigenvalue weighted by molar-refractivity contribution is 5.41. The molecule has 0 aliphatic heterocycles. The summed E-state index contributed by atoms with van der Waals surface area (Å²) in [4.78, 5) is 0. The minimum absolute atomic E-state index is 0.281. The molecule has 1 fully saturated rings. The molecule has 0 unspecified atom stereocenters. The van der Waals surface area contributed by atoms with Gasteiger partial charge in [0.05, 0.1) is 0 Å². The molecule has 2 aliphatic rings. The molecule has 3 rings (SSSR count). The molecule has 17 heavy (non-hydrogen) atoms. The van der Waals surface area contributed by atoms with E-state index < -0.39 is 0 Å². The summed E-state index contributed by atoms with van der Waals surface area (Å²) in [6, 6.07) is 9.10. The minimum atomic E-state index is 0.281. The number of rotatable bonds is 2. The molecule has 0 heterocycles. The molecule has 0 aromatic heterocycles. The maximum absolute atomic E-state index is 3.87. The smallest absolute Gasteiger partial charge is 0.0494 e. The first kappa shape index (κ1) is 11.3. The van der Waals surface area contributed by atoms with E-state index in [0.717, 1.165) is 18.4 Å². The molecule has 0 spiro atoms. The highest BCUT2D eigenvalue weighted by Crippen LogP contribution is 2.52. The van der Waals surface area contributed by atoms with Gasteiger partial charge in [-0.3, -0.25) is 0 Å². The van der Waals surface area contributed by atoms with Crippen LogP contribution in [0.15, 0.2) is 24.3 Å². The summed E-state index contributed by atoms with van der Waals surface area (Å²) < 4.78 is 0. The van der Waals surface area contributed by atoms with Gasteiger partial charge in [-0.15, -0.1) is 0 Å². The number of nitrogens with one attached hydrogen (secondary N) is 1. The van der Waals surface area contributed by atoms with Crippen LogP contribution < -0.4 is 5.32 Å². The monoisotopic (exact) mass is 229 g/mol. The van der Waals surface area contributed by atoms with Crippen LogP contribution in [0.25, 0.3) is 0 Å². The third-order valence-corrected chi connectivity index (χ3v) is 5.01. The van der Waals surface area contributed by atoms with Gasteiger partial charge in [0.15, 0.2) is 0 Å². The van der Waals surface area contributed by atoms with Gasteiger partial charge in [-0.2, -0.15) is 0 Å². The lowest BCUT2D eigenvalue weighted by atomic mass is 9.66. The van der Waals surface area contributed by atoms with Gasteiger partial charge in [0.1, 0.15) is 0 Å². The largest absolute Gasteiger partial charge is 0.307 e. The second-order valence-corrected chi connectivity index (χ2v) is 5.79. The molecule has 1 aromatic rings. The van der Waals surface area contributed by atoms with E-state index >= 15 is 0 Å². The Hall–Kier alpha value is -0.820. The van der Waals surface area contributed by atoms with Crippen LogP contribution in [0.2, 0.25) is 0 Å². The first-order valence-electron chi connectivity index (χ1n) is 7.12. The highest BCUT2D eigenvalue weighted by Gasteiger charge is 2.50. The molecule has 1 nitrogen and oxygen atoms in total. The summed E-state index contributed by atoms with van der Waals surface area (Å²) in [5.41, 5.74) is 3.47. The molecule has 0 amide bonds. The lowest BCUT2D eigenvalue weighted by Crippen LogP contribution is -2.52. The van der Waals surface area contributed by atoms with Crippen LogP contribution in [0.3, 0.4) is 0 Å². The molecule has 1 N–H and O–H groups in total. The van der Waals surface area contributed by atoms with Crippen LogP contribution in [0.5, 0.6) is 0 Å². The fourth-order valence-corrected chi connectivity index (χ4v) is 4.35. The fraction of sp³-hybridized carbons (Fsp3) is 0.625. The molecule has 3 atom stereocenters. The molecule has 0 bridgehead atoms. The van der Waals surface area contributed by atoms with Gasteiger partial charge in [-0.1, -0.05) is 44.5 Å². The highest BCUT2D eigenvalue weighted by atomic mass is 15.0. The van der Waals surface area contributed by atoms with Crippen LogP contribution >= 0.6 is 0 Å². The van der Waals surface area contributed by atoms with Crippen molar-refractivity contribution in [3.63, 3.8) is 0 Å². The van der Waals surface area contributed by atoms with Crippen molar-refractivity contribution < 1.29 is 0 Å². The minimum Gasteiger partial charge on any atom is -0.307 e. The average Bonchev–Trinajstić information content (AvgIpc) is 2.66. The molecule has 0 saturated heterocycles. The lowest BCUT2D eigenvalue weighted by Gasteiger charge is -2.46. The number of fused-ring (bicyclic) bond motifs is 3. The van der Waals surface area contributed by atoms with Gasteiger partial charge in [-0.25, -0.2) is 0 Å². The summed E-state index contributed by atoms with van der Waals surface area (Å²) in [5, 5.41) is 3.87. The van der Waals surface area contributed by atoms with Crippen LogP contribution in [0.1, 0.15) is 44.2 Å². The van der Waals surface area contributed by atoms with Crippen molar-refractivity contribution in [2.45, 2.75) is 45.1 Å². The summed E-state index contributed by atoms with van der Waals surface area (Å²) in [6.07, 6.45) is 5.46. The zero-order valence-electron chi connectivity index (χ0n) is 11.0. The first-order valence-corrected chi connectivity index (χ1v) is 7.12. The van der Waals surface area contributed by atoms with Gasteiger partial charge in [0.2, 0.25) is 0 Å². The van der Waals surface area contributed by atoms with Crippen LogP contribution in [-0.4, -0.2) is 6.54 Å². The van der Waals surface area contributed by atoms with Gasteiger partial charge in [-0.05, 0) is 48.8 Å². The van der Waals surface area contributed by atoms with Crippen molar-refractivity contribution in [3.8, 4) is 0 Å². The zero-order valence-corrected chi connectivity index (χ0v) is 11.0. The van der Waals surface area contributed by atoms with Gasteiger partial charge in [0, 0.05) is 5.54 Å². The predicted octanol–water partition coefficient (Wildman–Crippen LogP) is 3.48.